The second-order valence-electron chi connectivity index (χ2n) is 4.08. The molecule has 0 aliphatic heterocycles. The van der Waals surface area contributed by atoms with Crippen molar-refractivity contribution < 1.29 is 0 Å². The van der Waals surface area contributed by atoms with E-state index in [0.29, 0.717) is 0 Å². The van der Waals surface area contributed by atoms with Gasteiger partial charge in [0.2, 0.25) is 4.96 Å². The van der Waals surface area contributed by atoms with Crippen LogP contribution in [0.2, 0.25) is 0 Å². The zero-order valence-electron chi connectivity index (χ0n) is 9.99. The molecule has 98 valence electrons. The predicted molar refractivity (Wildman–Crippen MR) is 79.4 cm³/mol. The largest absolute Gasteiger partial charge is 0.274 e. The summed E-state index contributed by atoms with van der Waals surface area (Å²) in [4.78, 5) is 0.750. The lowest BCUT2D eigenvalue weighted by Gasteiger charge is -1.95. The third-order valence-corrected chi connectivity index (χ3v) is 4.35. The van der Waals surface area contributed by atoms with E-state index in [1.807, 2.05) is 30.3 Å². The maximum absolute atomic E-state index is 4.56. The van der Waals surface area contributed by atoms with Crippen molar-refractivity contribution in [2.24, 2.45) is 0 Å². The molecule has 0 aliphatic rings. The number of hydrogen-bond acceptors (Lipinski definition) is 5. The molecule has 1 aromatic carbocycles. The SMILES string of the molecule is Brc1cn[nH]c1-c1nn2c(-c3ccccc3)nnc2s1. The van der Waals surface area contributed by atoms with Crippen molar-refractivity contribution in [1.82, 2.24) is 30.0 Å². The van der Waals surface area contributed by atoms with Gasteiger partial charge in [-0.1, -0.05) is 41.7 Å². The highest BCUT2D eigenvalue weighted by Gasteiger charge is 2.16. The van der Waals surface area contributed by atoms with E-state index in [2.05, 4.69) is 41.4 Å². The average molecular weight is 347 g/mol. The second kappa shape index (κ2) is 4.50. The molecule has 6 nitrogen and oxygen atoms in total. The third kappa shape index (κ3) is 1.76. The molecule has 3 heterocycles. The smallest absolute Gasteiger partial charge is 0.235 e. The van der Waals surface area contributed by atoms with Crippen LogP contribution >= 0.6 is 27.3 Å². The van der Waals surface area contributed by atoms with E-state index in [0.717, 1.165) is 31.5 Å². The van der Waals surface area contributed by atoms with Crippen molar-refractivity contribution in [2.45, 2.75) is 0 Å². The van der Waals surface area contributed by atoms with Crippen LogP contribution in [0, 0.1) is 0 Å². The van der Waals surface area contributed by atoms with Crippen molar-refractivity contribution in [2.75, 3.05) is 0 Å². The number of fused-ring (bicyclic) bond motifs is 1. The first-order valence-electron chi connectivity index (χ1n) is 5.80. The van der Waals surface area contributed by atoms with E-state index < -0.39 is 0 Å². The standard InChI is InChI=1S/C12H7BrN6S/c13-8-6-14-15-9(8)11-18-19-10(16-17-12(19)20-11)7-4-2-1-3-5-7/h1-6H,(H,14,15). The number of benzene rings is 1. The molecule has 0 aliphatic carbocycles. The molecule has 0 unspecified atom stereocenters. The average Bonchev–Trinajstić information content (AvgIpc) is 3.13. The van der Waals surface area contributed by atoms with Gasteiger partial charge in [-0.15, -0.1) is 10.2 Å². The van der Waals surface area contributed by atoms with Crippen LogP contribution in [-0.4, -0.2) is 30.0 Å². The van der Waals surface area contributed by atoms with Gasteiger partial charge >= 0.3 is 0 Å². The highest BCUT2D eigenvalue weighted by Crippen LogP contribution is 2.30. The number of H-pyrrole nitrogens is 1. The Morgan fingerprint density at radius 2 is 2.00 bits per heavy atom. The van der Waals surface area contributed by atoms with Crippen LogP contribution in [0.1, 0.15) is 0 Å². The lowest BCUT2D eigenvalue weighted by molar-refractivity contribution is 0.963. The summed E-state index contributed by atoms with van der Waals surface area (Å²) in [5, 5.41) is 20.6. The van der Waals surface area contributed by atoms with Crippen LogP contribution in [0.4, 0.5) is 0 Å². The minimum absolute atomic E-state index is 0.735. The normalized spacial score (nSPS) is 11.2. The molecule has 0 saturated carbocycles. The van der Waals surface area contributed by atoms with E-state index in [9.17, 15) is 0 Å². The summed E-state index contributed by atoms with van der Waals surface area (Å²) in [6, 6.07) is 9.88. The summed E-state index contributed by atoms with van der Waals surface area (Å²) in [6.45, 7) is 0. The van der Waals surface area contributed by atoms with Crippen LogP contribution < -0.4 is 0 Å². The van der Waals surface area contributed by atoms with Gasteiger partial charge < -0.3 is 0 Å². The Morgan fingerprint density at radius 1 is 1.15 bits per heavy atom. The fourth-order valence-corrected chi connectivity index (χ4v) is 3.27. The Kier molecular flexibility index (Phi) is 2.64. The number of nitrogens with one attached hydrogen (secondary N) is 1. The fraction of sp³-hybridized carbons (Fsp3) is 0. The molecular weight excluding hydrogens is 340 g/mol. The number of hydrogen-bond donors (Lipinski definition) is 1. The minimum Gasteiger partial charge on any atom is -0.274 e. The highest BCUT2D eigenvalue weighted by atomic mass is 79.9. The first-order valence-corrected chi connectivity index (χ1v) is 7.41. The Balaban J connectivity index is 1.90. The molecule has 0 spiro atoms. The molecule has 4 aromatic rings. The molecule has 1 N–H and O–H groups in total. The predicted octanol–water partition coefficient (Wildman–Crippen LogP) is 3.01. The zero-order chi connectivity index (χ0) is 13.5. The first kappa shape index (κ1) is 11.7. The lowest BCUT2D eigenvalue weighted by Crippen LogP contribution is -1.90. The van der Waals surface area contributed by atoms with Crippen molar-refractivity contribution in [3.8, 4) is 22.1 Å². The summed E-state index contributed by atoms with van der Waals surface area (Å²) >= 11 is 4.90. The van der Waals surface area contributed by atoms with E-state index in [4.69, 9.17) is 0 Å². The topological polar surface area (TPSA) is 71.8 Å². The Hall–Kier alpha value is -2.06. The van der Waals surface area contributed by atoms with Gasteiger partial charge in [-0.3, -0.25) is 5.10 Å². The molecule has 0 fully saturated rings. The molecule has 4 rings (SSSR count). The van der Waals surface area contributed by atoms with Crippen molar-refractivity contribution in [3.05, 3.63) is 41.0 Å². The van der Waals surface area contributed by atoms with Gasteiger partial charge in [0.15, 0.2) is 10.8 Å². The molecule has 0 atom stereocenters. The third-order valence-electron chi connectivity index (χ3n) is 2.83. The van der Waals surface area contributed by atoms with Crippen LogP contribution in [0.15, 0.2) is 41.0 Å². The van der Waals surface area contributed by atoms with Gasteiger partial charge in [0.1, 0.15) is 5.69 Å². The maximum Gasteiger partial charge on any atom is 0.235 e. The molecular formula is C12H7BrN6S. The van der Waals surface area contributed by atoms with E-state index in [1.165, 1.54) is 11.3 Å². The van der Waals surface area contributed by atoms with Crippen LogP contribution in [0.5, 0.6) is 0 Å². The zero-order valence-corrected chi connectivity index (χ0v) is 12.4. The van der Waals surface area contributed by atoms with Crippen LogP contribution in [-0.2, 0) is 0 Å². The van der Waals surface area contributed by atoms with Crippen LogP contribution in [0.25, 0.3) is 27.1 Å². The van der Waals surface area contributed by atoms with E-state index >= 15 is 0 Å². The van der Waals surface area contributed by atoms with Crippen molar-refractivity contribution >= 4 is 32.2 Å². The number of aromatic amines is 1. The van der Waals surface area contributed by atoms with Gasteiger partial charge in [-0.05, 0) is 15.9 Å². The minimum atomic E-state index is 0.735. The summed E-state index contributed by atoms with van der Waals surface area (Å²) in [5.41, 5.74) is 1.83. The molecule has 0 radical (unpaired) electrons. The molecule has 8 heteroatoms. The summed E-state index contributed by atoms with van der Waals surface area (Å²) in [6.07, 6.45) is 1.70. The quantitative estimate of drug-likeness (QED) is 0.605. The number of rotatable bonds is 2. The molecule has 0 bridgehead atoms. The monoisotopic (exact) mass is 346 g/mol. The van der Waals surface area contributed by atoms with Crippen LogP contribution in [0.3, 0.4) is 0 Å². The molecule has 0 amide bonds. The van der Waals surface area contributed by atoms with E-state index in [1.54, 1.807) is 10.7 Å². The number of nitrogens with zero attached hydrogens (tertiary/aromatic N) is 5. The summed E-state index contributed by atoms with van der Waals surface area (Å²) < 4.78 is 2.63. The fourth-order valence-electron chi connectivity index (χ4n) is 1.91. The van der Waals surface area contributed by atoms with Crippen molar-refractivity contribution in [3.63, 3.8) is 0 Å². The Labute approximate surface area is 125 Å². The summed E-state index contributed by atoms with van der Waals surface area (Å²) in [7, 11) is 0. The van der Waals surface area contributed by atoms with E-state index in [-0.39, 0.29) is 0 Å². The Bertz CT molecular complexity index is 878. The van der Waals surface area contributed by atoms with Gasteiger partial charge in [-0.2, -0.15) is 14.7 Å². The maximum atomic E-state index is 4.56. The first-order chi connectivity index (χ1) is 9.83. The highest BCUT2D eigenvalue weighted by molar-refractivity contribution is 9.10. The number of aromatic nitrogens is 6. The summed E-state index contributed by atoms with van der Waals surface area (Å²) in [5.74, 6) is 0.735. The molecule has 3 aromatic heterocycles. The number of halogens is 1. The van der Waals surface area contributed by atoms with Gasteiger partial charge in [0.25, 0.3) is 0 Å². The molecule has 0 saturated heterocycles. The Morgan fingerprint density at radius 3 is 2.75 bits per heavy atom. The van der Waals surface area contributed by atoms with Gasteiger partial charge in [0.05, 0.1) is 10.7 Å². The van der Waals surface area contributed by atoms with Gasteiger partial charge in [-0.25, -0.2) is 0 Å². The van der Waals surface area contributed by atoms with Gasteiger partial charge in [0, 0.05) is 5.56 Å². The lowest BCUT2D eigenvalue weighted by atomic mass is 10.2. The second-order valence-corrected chi connectivity index (χ2v) is 5.89. The molecule has 20 heavy (non-hydrogen) atoms. The van der Waals surface area contributed by atoms with Crippen molar-refractivity contribution in [1.29, 1.82) is 0 Å².